The van der Waals surface area contributed by atoms with Gasteiger partial charge in [-0.2, -0.15) is 0 Å². The number of hydrogen-bond donors (Lipinski definition) is 1. The maximum atomic E-state index is 12.7. The largest absolute Gasteiger partial charge is 0.352 e. The number of nitrogens with zero attached hydrogens (tertiary/aromatic N) is 2. The number of benzene rings is 1. The number of amides is 1. The zero-order valence-corrected chi connectivity index (χ0v) is 15.9. The minimum Gasteiger partial charge on any atom is -0.352 e. The average Bonchev–Trinajstić information content (AvgIpc) is 3.33. The van der Waals surface area contributed by atoms with Gasteiger partial charge in [-0.1, -0.05) is 30.3 Å². The molecule has 26 heavy (non-hydrogen) atoms. The maximum Gasteiger partial charge on any atom is 0.253 e. The van der Waals surface area contributed by atoms with E-state index in [1.165, 1.54) is 31.4 Å². The van der Waals surface area contributed by atoms with E-state index in [9.17, 15) is 4.79 Å². The molecule has 2 fully saturated rings. The first-order valence-electron chi connectivity index (χ1n) is 9.84. The van der Waals surface area contributed by atoms with Crippen LogP contribution in [0.3, 0.4) is 0 Å². The van der Waals surface area contributed by atoms with Gasteiger partial charge in [-0.25, -0.2) is 0 Å². The van der Waals surface area contributed by atoms with Gasteiger partial charge in [0, 0.05) is 37.1 Å². The summed E-state index contributed by atoms with van der Waals surface area (Å²) in [5, 5.41) is 3.19. The van der Waals surface area contributed by atoms with Crippen LogP contribution in [0.1, 0.15) is 46.6 Å². The lowest BCUT2D eigenvalue weighted by molar-refractivity contribution is 0.0946. The van der Waals surface area contributed by atoms with Crippen LogP contribution in [0.4, 0.5) is 0 Å². The molecular weight excluding hydrogens is 322 g/mol. The van der Waals surface area contributed by atoms with Crippen molar-refractivity contribution in [3.05, 3.63) is 58.9 Å². The van der Waals surface area contributed by atoms with Crippen LogP contribution in [0, 0.1) is 19.8 Å². The van der Waals surface area contributed by atoms with Gasteiger partial charge in [0.15, 0.2) is 0 Å². The van der Waals surface area contributed by atoms with Crippen molar-refractivity contribution < 1.29 is 4.79 Å². The zero-order chi connectivity index (χ0) is 18.1. The zero-order valence-electron chi connectivity index (χ0n) is 15.9. The Morgan fingerprint density at radius 3 is 2.65 bits per heavy atom. The van der Waals surface area contributed by atoms with E-state index in [1.807, 2.05) is 12.1 Å². The lowest BCUT2D eigenvalue weighted by Gasteiger charge is -2.15. The molecule has 1 aliphatic heterocycles. The third-order valence-corrected chi connectivity index (χ3v) is 5.93. The Balaban J connectivity index is 1.37. The van der Waals surface area contributed by atoms with Gasteiger partial charge in [0.25, 0.3) is 5.91 Å². The highest BCUT2D eigenvalue weighted by Crippen LogP contribution is 2.31. The van der Waals surface area contributed by atoms with Gasteiger partial charge in [0.1, 0.15) is 0 Å². The smallest absolute Gasteiger partial charge is 0.253 e. The molecule has 0 radical (unpaired) electrons. The van der Waals surface area contributed by atoms with Gasteiger partial charge in [-0.15, -0.1) is 0 Å². The van der Waals surface area contributed by atoms with E-state index in [0.717, 1.165) is 42.6 Å². The lowest BCUT2D eigenvalue weighted by Crippen LogP contribution is -2.31. The third-order valence-electron chi connectivity index (χ3n) is 5.93. The molecule has 1 N–H and O–H groups in total. The Hall–Kier alpha value is -2.07. The predicted octanol–water partition coefficient (Wildman–Crippen LogP) is 3.37. The van der Waals surface area contributed by atoms with Gasteiger partial charge in [-0.05, 0) is 57.2 Å². The summed E-state index contributed by atoms with van der Waals surface area (Å²) in [7, 11) is 0. The second-order valence-electron chi connectivity index (χ2n) is 7.95. The van der Waals surface area contributed by atoms with Gasteiger partial charge >= 0.3 is 0 Å². The number of carbonyl (C=O) groups excluding carboxylic acids is 1. The molecule has 2 aliphatic rings. The fraction of sp³-hybridized carbons (Fsp3) is 0.500. The molecule has 1 amide bonds. The van der Waals surface area contributed by atoms with Crippen LogP contribution >= 0.6 is 0 Å². The van der Waals surface area contributed by atoms with Crippen molar-refractivity contribution in [2.75, 3.05) is 19.6 Å². The first kappa shape index (κ1) is 17.3. The molecule has 1 atom stereocenters. The molecule has 0 spiro atoms. The summed E-state index contributed by atoms with van der Waals surface area (Å²) in [5.41, 5.74) is 4.26. The molecule has 1 aromatic heterocycles. The van der Waals surface area contributed by atoms with E-state index in [0.29, 0.717) is 5.92 Å². The van der Waals surface area contributed by atoms with Crippen molar-refractivity contribution in [1.82, 2.24) is 14.8 Å². The number of rotatable bonds is 6. The first-order valence-corrected chi connectivity index (χ1v) is 9.84. The van der Waals surface area contributed by atoms with Crippen molar-refractivity contribution >= 4 is 5.91 Å². The lowest BCUT2D eigenvalue weighted by atomic mass is 10.1. The van der Waals surface area contributed by atoms with Crippen molar-refractivity contribution in [3.8, 4) is 0 Å². The van der Waals surface area contributed by atoms with E-state index in [4.69, 9.17) is 0 Å². The molecule has 1 aromatic carbocycles. The highest BCUT2D eigenvalue weighted by atomic mass is 16.1. The second-order valence-corrected chi connectivity index (χ2v) is 7.95. The number of hydrogen-bond acceptors (Lipinski definition) is 2. The van der Waals surface area contributed by atoms with E-state index >= 15 is 0 Å². The van der Waals surface area contributed by atoms with Crippen LogP contribution in [0.5, 0.6) is 0 Å². The summed E-state index contributed by atoms with van der Waals surface area (Å²) in [5.74, 6) is 0.676. The molecule has 4 heteroatoms. The number of aromatic nitrogens is 1. The van der Waals surface area contributed by atoms with Crippen LogP contribution in [0.15, 0.2) is 36.4 Å². The van der Waals surface area contributed by atoms with Gasteiger partial charge in [0.05, 0.1) is 5.56 Å². The number of carbonyl (C=O) groups is 1. The van der Waals surface area contributed by atoms with E-state index in [2.05, 4.69) is 52.9 Å². The van der Waals surface area contributed by atoms with E-state index in [-0.39, 0.29) is 5.91 Å². The summed E-state index contributed by atoms with van der Waals surface area (Å²) >= 11 is 0. The fourth-order valence-electron chi connectivity index (χ4n) is 4.17. The second kappa shape index (κ2) is 7.28. The Morgan fingerprint density at radius 2 is 1.92 bits per heavy atom. The van der Waals surface area contributed by atoms with Crippen LogP contribution < -0.4 is 5.32 Å². The molecule has 4 nitrogen and oxygen atoms in total. The Labute approximate surface area is 156 Å². The fourth-order valence-corrected chi connectivity index (χ4v) is 4.17. The van der Waals surface area contributed by atoms with E-state index in [1.54, 1.807) is 0 Å². The van der Waals surface area contributed by atoms with Crippen LogP contribution in [-0.2, 0) is 6.54 Å². The van der Waals surface area contributed by atoms with Crippen LogP contribution in [-0.4, -0.2) is 41.1 Å². The Morgan fingerprint density at radius 1 is 1.15 bits per heavy atom. The molecule has 1 saturated heterocycles. The first-order chi connectivity index (χ1) is 12.6. The molecule has 0 bridgehead atoms. The SMILES string of the molecule is Cc1cc(C(=O)NCC2CCN(C3CC3)C2)c(C)n1Cc1ccccc1. The Kier molecular flexibility index (Phi) is 4.86. The van der Waals surface area contributed by atoms with Crippen molar-refractivity contribution in [1.29, 1.82) is 0 Å². The van der Waals surface area contributed by atoms with Gasteiger partial charge in [-0.3, -0.25) is 4.79 Å². The number of aryl methyl sites for hydroxylation is 1. The van der Waals surface area contributed by atoms with Crippen molar-refractivity contribution in [2.24, 2.45) is 5.92 Å². The van der Waals surface area contributed by atoms with Crippen LogP contribution in [0.2, 0.25) is 0 Å². The van der Waals surface area contributed by atoms with Crippen molar-refractivity contribution in [3.63, 3.8) is 0 Å². The summed E-state index contributed by atoms with van der Waals surface area (Å²) in [4.78, 5) is 15.3. The Bertz CT molecular complexity index is 776. The highest BCUT2D eigenvalue weighted by Gasteiger charge is 2.34. The predicted molar refractivity (Wildman–Crippen MR) is 104 cm³/mol. The number of likely N-dealkylation sites (tertiary alicyclic amines) is 1. The van der Waals surface area contributed by atoms with E-state index < -0.39 is 0 Å². The molecule has 1 aliphatic carbocycles. The highest BCUT2D eigenvalue weighted by molar-refractivity contribution is 5.95. The van der Waals surface area contributed by atoms with Gasteiger partial charge < -0.3 is 14.8 Å². The topological polar surface area (TPSA) is 37.3 Å². The number of nitrogens with one attached hydrogen (secondary N) is 1. The maximum absolute atomic E-state index is 12.7. The standard InChI is InChI=1S/C22H29N3O/c1-16-12-21(17(2)25(16)15-18-6-4-3-5-7-18)22(26)23-13-19-10-11-24(14-19)20-8-9-20/h3-7,12,19-20H,8-11,13-15H2,1-2H3,(H,23,26). The molecule has 2 heterocycles. The van der Waals surface area contributed by atoms with Crippen molar-refractivity contribution in [2.45, 2.75) is 45.7 Å². The van der Waals surface area contributed by atoms with Crippen LogP contribution in [0.25, 0.3) is 0 Å². The molecule has 138 valence electrons. The molecule has 1 saturated carbocycles. The minimum atomic E-state index is 0.0716. The average molecular weight is 351 g/mol. The summed E-state index contributed by atoms with van der Waals surface area (Å²) in [6, 6.07) is 13.3. The molecular formula is C22H29N3O. The summed E-state index contributed by atoms with van der Waals surface area (Å²) < 4.78 is 2.23. The third kappa shape index (κ3) is 3.70. The van der Waals surface area contributed by atoms with Gasteiger partial charge in [0.2, 0.25) is 0 Å². The minimum absolute atomic E-state index is 0.0716. The summed E-state index contributed by atoms with van der Waals surface area (Å²) in [6.45, 7) is 8.09. The normalized spacial score (nSPS) is 20.5. The molecule has 4 rings (SSSR count). The molecule has 1 unspecified atom stereocenters. The monoisotopic (exact) mass is 351 g/mol. The quantitative estimate of drug-likeness (QED) is 0.866. The summed E-state index contributed by atoms with van der Waals surface area (Å²) in [6.07, 6.45) is 3.95. The molecule has 2 aromatic rings.